The average molecular weight is 310 g/mol. The molecule has 0 aliphatic heterocycles. The van der Waals surface area contributed by atoms with Crippen LogP contribution in [0.25, 0.3) is 0 Å². The molecule has 0 atom stereocenters. The van der Waals surface area contributed by atoms with Crippen molar-refractivity contribution in [1.82, 2.24) is 20.5 Å². The lowest BCUT2D eigenvalue weighted by Crippen LogP contribution is -2.30. The van der Waals surface area contributed by atoms with Gasteiger partial charge in [0.25, 0.3) is 0 Å². The van der Waals surface area contributed by atoms with Gasteiger partial charge in [0.2, 0.25) is 0 Å². The van der Waals surface area contributed by atoms with Gasteiger partial charge in [0, 0.05) is 18.7 Å². The molecule has 21 heavy (non-hydrogen) atoms. The topological polar surface area (TPSA) is 120 Å². The summed E-state index contributed by atoms with van der Waals surface area (Å²) in [6, 6.07) is 3.77. The second-order valence-corrected chi connectivity index (χ2v) is 4.47. The smallest absolute Gasteiger partial charge is 0.337 e. The molecule has 0 radical (unpaired) electrons. The van der Waals surface area contributed by atoms with E-state index in [1.165, 1.54) is 24.5 Å². The molecule has 4 N–H and O–H groups in total. The Bertz CT molecular complexity index is 644. The van der Waals surface area contributed by atoms with E-state index >= 15 is 0 Å². The highest BCUT2D eigenvalue weighted by atomic mass is 35.5. The largest absolute Gasteiger partial charge is 0.478 e. The Morgan fingerprint density at radius 3 is 2.86 bits per heavy atom. The second-order valence-electron chi connectivity index (χ2n) is 4.06. The Morgan fingerprint density at radius 1 is 1.38 bits per heavy atom. The fourth-order valence-corrected chi connectivity index (χ4v) is 1.79. The number of hydrogen-bond donors (Lipinski definition) is 4. The molecule has 9 heteroatoms. The van der Waals surface area contributed by atoms with Gasteiger partial charge in [-0.1, -0.05) is 11.6 Å². The summed E-state index contributed by atoms with van der Waals surface area (Å²) in [6.07, 6.45) is 1.89. The van der Waals surface area contributed by atoms with Crippen LogP contribution in [0.5, 0.6) is 0 Å². The normalized spacial score (nSPS) is 10.1. The lowest BCUT2D eigenvalue weighted by Gasteiger charge is -2.08. The zero-order chi connectivity index (χ0) is 15.2. The van der Waals surface area contributed by atoms with Gasteiger partial charge in [-0.05, 0) is 18.2 Å². The van der Waals surface area contributed by atoms with Crippen LogP contribution in [0.15, 0.2) is 24.5 Å². The SMILES string of the molecule is O=C(NCCc1ncn[nH]1)Nc1ccc(Cl)c(C(=O)O)c1. The van der Waals surface area contributed by atoms with Crippen LogP contribution in [0.4, 0.5) is 10.5 Å². The molecule has 0 aliphatic carbocycles. The molecule has 1 aromatic heterocycles. The number of benzene rings is 1. The number of nitrogens with zero attached hydrogens (tertiary/aromatic N) is 2. The molecule has 8 nitrogen and oxygen atoms in total. The van der Waals surface area contributed by atoms with Gasteiger partial charge in [-0.3, -0.25) is 5.10 Å². The lowest BCUT2D eigenvalue weighted by molar-refractivity contribution is 0.0697. The van der Waals surface area contributed by atoms with Crippen molar-refractivity contribution >= 4 is 29.3 Å². The molecule has 1 aromatic carbocycles. The third-order valence-electron chi connectivity index (χ3n) is 2.57. The number of urea groups is 1. The summed E-state index contributed by atoms with van der Waals surface area (Å²) in [5.41, 5.74) is 0.269. The highest BCUT2D eigenvalue weighted by Crippen LogP contribution is 2.20. The van der Waals surface area contributed by atoms with Crippen LogP contribution >= 0.6 is 11.6 Å². The fraction of sp³-hybridized carbons (Fsp3) is 0.167. The van der Waals surface area contributed by atoms with E-state index in [2.05, 4.69) is 25.8 Å². The van der Waals surface area contributed by atoms with Crippen LogP contribution in [0, 0.1) is 0 Å². The Kier molecular flexibility index (Phi) is 4.72. The molecule has 2 amide bonds. The first-order valence-electron chi connectivity index (χ1n) is 5.98. The molecule has 0 unspecified atom stereocenters. The quantitative estimate of drug-likeness (QED) is 0.667. The number of nitrogens with one attached hydrogen (secondary N) is 3. The number of aromatic amines is 1. The van der Waals surface area contributed by atoms with Crippen molar-refractivity contribution in [2.24, 2.45) is 0 Å². The van der Waals surface area contributed by atoms with E-state index in [0.717, 1.165) is 0 Å². The summed E-state index contributed by atoms with van der Waals surface area (Å²) in [7, 11) is 0. The third-order valence-corrected chi connectivity index (χ3v) is 2.90. The van der Waals surface area contributed by atoms with E-state index in [9.17, 15) is 9.59 Å². The summed E-state index contributed by atoms with van der Waals surface area (Å²) < 4.78 is 0. The highest BCUT2D eigenvalue weighted by molar-refractivity contribution is 6.33. The molecular weight excluding hydrogens is 298 g/mol. The second kappa shape index (κ2) is 6.71. The average Bonchev–Trinajstić information content (AvgIpc) is 2.94. The van der Waals surface area contributed by atoms with Crippen molar-refractivity contribution in [3.8, 4) is 0 Å². The van der Waals surface area contributed by atoms with Crippen LogP contribution in [-0.4, -0.2) is 38.8 Å². The van der Waals surface area contributed by atoms with E-state index in [1.54, 1.807) is 0 Å². The van der Waals surface area contributed by atoms with E-state index < -0.39 is 12.0 Å². The highest BCUT2D eigenvalue weighted by Gasteiger charge is 2.10. The van der Waals surface area contributed by atoms with Crippen LogP contribution < -0.4 is 10.6 Å². The number of anilines is 1. The summed E-state index contributed by atoms with van der Waals surface area (Å²) in [5, 5.41) is 20.6. The maximum absolute atomic E-state index is 11.7. The van der Waals surface area contributed by atoms with Crippen molar-refractivity contribution in [2.75, 3.05) is 11.9 Å². The molecule has 1 heterocycles. The number of rotatable bonds is 5. The molecule has 0 fully saturated rings. The van der Waals surface area contributed by atoms with E-state index in [0.29, 0.717) is 24.5 Å². The number of carbonyl (C=O) groups excluding carboxylic acids is 1. The molecule has 0 bridgehead atoms. The maximum Gasteiger partial charge on any atom is 0.337 e. The molecule has 0 aliphatic rings. The van der Waals surface area contributed by atoms with Gasteiger partial charge >= 0.3 is 12.0 Å². The number of carbonyl (C=O) groups is 2. The number of H-pyrrole nitrogens is 1. The monoisotopic (exact) mass is 309 g/mol. The minimum Gasteiger partial charge on any atom is -0.478 e. The van der Waals surface area contributed by atoms with Gasteiger partial charge in [0.15, 0.2) is 0 Å². The number of carboxylic acid groups (broad SMARTS) is 1. The number of halogens is 1. The van der Waals surface area contributed by atoms with Crippen molar-refractivity contribution < 1.29 is 14.7 Å². The fourth-order valence-electron chi connectivity index (χ4n) is 1.59. The summed E-state index contributed by atoms with van der Waals surface area (Å²) >= 11 is 5.74. The number of carboxylic acids is 1. The van der Waals surface area contributed by atoms with Crippen molar-refractivity contribution in [3.05, 3.63) is 40.9 Å². The Morgan fingerprint density at radius 2 is 2.19 bits per heavy atom. The number of aromatic carboxylic acids is 1. The van der Waals surface area contributed by atoms with Crippen LogP contribution in [0.2, 0.25) is 5.02 Å². The zero-order valence-corrected chi connectivity index (χ0v) is 11.5. The molecule has 0 saturated heterocycles. The van der Waals surface area contributed by atoms with Crippen LogP contribution in [0.1, 0.15) is 16.2 Å². The molecule has 0 saturated carbocycles. The summed E-state index contributed by atoms with van der Waals surface area (Å²) in [4.78, 5) is 26.5. The third kappa shape index (κ3) is 4.18. The predicted molar refractivity (Wildman–Crippen MR) is 75.5 cm³/mol. The molecule has 2 rings (SSSR count). The van der Waals surface area contributed by atoms with Gasteiger partial charge in [-0.15, -0.1) is 0 Å². The molecule has 2 aromatic rings. The minimum atomic E-state index is -1.16. The Balaban J connectivity index is 1.87. The predicted octanol–water partition coefficient (Wildman–Crippen LogP) is 1.52. The Hall–Kier alpha value is -2.61. The van der Waals surface area contributed by atoms with E-state index in [1.807, 2.05) is 0 Å². The van der Waals surface area contributed by atoms with Crippen LogP contribution in [0.3, 0.4) is 0 Å². The zero-order valence-electron chi connectivity index (χ0n) is 10.8. The molecule has 110 valence electrons. The van der Waals surface area contributed by atoms with Crippen molar-refractivity contribution in [3.63, 3.8) is 0 Å². The van der Waals surface area contributed by atoms with Gasteiger partial charge in [0.1, 0.15) is 12.2 Å². The summed E-state index contributed by atoms with van der Waals surface area (Å²) in [5.74, 6) is -0.496. The first kappa shape index (κ1) is 14.8. The van der Waals surface area contributed by atoms with Gasteiger partial charge in [-0.25, -0.2) is 14.6 Å². The van der Waals surface area contributed by atoms with Crippen molar-refractivity contribution in [2.45, 2.75) is 6.42 Å². The van der Waals surface area contributed by atoms with Crippen molar-refractivity contribution in [1.29, 1.82) is 0 Å². The molecule has 0 spiro atoms. The summed E-state index contributed by atoms with van der Waals surface area (Å²) in [6.45, 7) is 0.362. The lowest BCUT2D eigenvalue weighted by atomic mass is 10.2. The Labute approximate surface area is 124 Å². The van der Waals surface area contributed by atoms with E-state index in [4.69, 9.17) is 16.7 Å². The van der Waals surface area contributed by atoms with Gasteiger partial charge in [0.05, 0.1) is 10.6 Å². The van der Waals surface area contributed by atoms with E-state index in [-0.39, 0.29) is 10.6 Å². The first-order valence-corrected chi connectivity index (χ1v) is 6.36. The number of aromatic nitrogens is 3. The maximum atomic E-state index is 11.7. The van der Waals surface area contributed by atoms with Crippen LogP contribution in [-0.2, 0) is 6.42 Å². The van der Waals surface area contributed by atoms with Gasteiger partial charge < -0.3 is 15.7 Å². The molecular formula is C12H12ClN5O3. The number of amides is 2. The minimum absolute atomic E-state index is 0.0730. The van der Waals surface area contributed by atoms with Gasteiger partial charge in [-0.2, -0.15) is 5.10 Å². The number of hydrogen-bond acceptors (Lipinski definition) is 4. The first-order chi connectivity index (χ1) is 10.1. The standard InChI is InChI=1S/C12H12ClN5O3/c13-9-2-1-7(5-8(9)11(19)20)17-12(21)14-4-3-10-15-6-16-18-10/h1-2,5-6H,3-4H2,(H,19,20)(H2,14,17,21)(H,15,16,18).